The fraction of sp³-hybridized carbons (Fsp3) is 0.267. The van der Waals surface area contributed by atoms with Gasteiger partial charge in [-0.15, -0.1) is 0 Å². The molecule has 0 atom stereocenters. The van der Waals surface area contributed by atoms with Crippen molar-refractivity contribution in [2.75, 3.05) is 17.7 Å². The second kappa shape index (κ2) is 7.82. The number of amides is 1. The minimum absolute atomic E-state index is 0.300. The average Bonchev–Trinajstić information content (AvgIpc) is 3.00. The van der Waals surface area contributed by atoms with E-state index in [1.807, 2.05) is 6.07 Å². The summed E-state index contributed by atoms with van der Waals surface area (Å²) in [6.07, 6.45) is 6.44. The van der Waals surface area contributed by atoms with Crippen LogP contribution in [0.2, 0.25) is 0 Å². The second-order valence-electron chi connectivity index (χ2n) is 4.66. The molecule has 4 N–H and O–H groups in total. The molecule has 0 saturated heterocycles. The number of hydrogen-bond acceptors (Lipinski definition) is 5. The zero-order chi connectivity index (χ0) is 15.8. The third kappa shape index (κ3) is 4.62. The van der Waals surface area contributed by atoms with Crippen LogP contribution < -0.4 is 15.8 Å². The van der Waals surface area contributed by atoms with E-state index in [0.29, 0.717) is 24.0 Å². The topological polar surface area (TPSA) is 106 Å². The van der Waals surface area contributed by atoms with Crippen LogP contribution in [0.15, 0.2) is 30.6 Å². The standard InChI is InChI=1S/C15H19N5O2/c1-2-3-8-22-13-6-4-11(9-12(13)16)5-7-14(21)19-15-17-10-18-20-15/h4-7,9-10H,2-3,8,16H2,1H3,(H2,17,18,19,20,21)/b7-5-. The van der Waals surface area contributed by atoms with Crippen LogP contribution in [0, 0.1) is 0 Å². The summed E-state index contributed by atoms with van der Waals surface area (Å²) in [5, 5.41) is 8.73. The van der Waals surface area contributed by atoms with E-state index in [0.717, 1.165) is 18.4 Å². The summed E-state index contributed by atoms with van der Waals surface area (Å²) in [4.78, 5) is 15.5. The van der Waals surface area contributed by atoms with Crippen molar-refractivity contribution < 1.29 is 9.53 Å². The highest BCUT2D eigenvalue weighted by atomic mass is 16.5. The second-order valence-corrected chi connectivity index (χ2v) is 4.66. The molecule has 0 spiro atoms. The Balaban J connectivity index is 1.93. The molecule has 7 heteroatoms. The number of rotatable bonds is 7. The van der Waals surface area contributed by atoms with Gasteiger partial charge >= 0.3 is 0 Å². The molecular weight excluding hydrogens is 282 g/mol. The lowest BCUT2D eigenvalue weighted by atomic mass is 10.1. The number of benzene rings is 1. The van der Waals surface area contributed by atoms with E-state index in [-0.39, 0.29) is 5.91 Å². The molecule has 0 aliphatic heterocycles. The summed E-state index contributed by atoms with van der Waals surface area (Å²) < 4.78 is 5.58. The van der Waals surface area contributed by atoms with Crippen LogP contribution in [0.25, 0.3) is 6.08 Å². The number of H-pyrrole nitrogens is 1. The Kier molecular flexibility index (Phi) is 5.53. The van der Waals surface area contributed by atoms with Crippen LogP contribution in [0.3, 0.4) is 0 Å². The lowest BCUT2D eigenvalue weighted by Gasteiger charge is -2.08. The lowest BCUT2D eigenvalue weighted by Crippen LogP contribution is -2.09. The fourth-order valence-electron chi connectivity index (χ4n) is 1.72. The van der Waals surface area contributed by atoms with Gasteiger partial charge in [-0.1, -0.05) is 19.4 Å². The fourth-order valence-corrected chi connectivity index (χ4v) is 1.72. The van der Waals surface area contributed by atoms with Crippen molar-refractivity contribution in [2.45, 2.75) is 19.8 Å². The Hall–Kier alpha value is -2.83. The van der Waals surface area contributed by atoms with Gasteiger partial charge in [0.15, 0.2) is 0 Å². The number of carbonyl (C=O) groups excluding carboxylic acids is 1. The minimum Gasteiger partial charge on any atom is -0.491 e. The summed E-state index contributed by atoms with van der Waals surface area (Å²) in [6.45, 7) is 2.75. The summed E-state index contributed by atoms with van der Waals surface area (Å²) in [7, 11) is 0. The van der Waals surface area contributed by atoms with Crippen LogP contribution in [0.1, 0.15) is 25.3 Å². The number of nitrogen functional groups attached to an aromatic ring is 1. The number of nitrogens with one attached hydrogen (secondary N) is 2. The number of unbranched alkanes of at least 4 members (excludes halogenated alkanes) is 1. The Morgan fingerprint density at radius 2 is 2.36 bits per heavy atom. The number of aromatic amines is 1. The molecule has 0 bridgehead atoms. The van der Waals surface area contributed by atoms with Crippen LogP contribution in [0.5, 0.6) is 5.75 Å². The molecule has 2 rings (SSSR count). The first-order chi connectivity index (χ1) is 10.7. The van der Waals surface area contributed by atoms with Crippen molar-refractivity contribution in [1.82, 2.24) is 15.2 Å². The van der Waals surface area contributed by atoms with Gasteiger partial charge in [-0.05, 0) is 30.2 Å². The summed E-state index contributed by atoms with van der Waals surface area (Å²) >= 11 is 0. The van der Waals surface area contributed by atoms with Crippen molar-refractivity contribution >= 4 is 23.6 Å². The van der Waals surface area contributed by atoms with Gasteiger partial charge in [-0.3, -0.25) is 10.1 Å². The monoisotopic (exact) mass is 301 g/mol. The van der Waals surface area contributed by atoms with Crippen molar-refractivity contribution in [1.29, 1.82) is 0 Å². The molecule has 0 aliphatic carbocycles. The van der Waals surface area contributed by atoms with Crippen LogP contribution in [0.4, 0.5) is 11.6 Å². The van der Waals surface area contributed by atoms with E-state index in [1.54, 1.807) is 18.2 Å². The van der Waals surface area contributed by atoms with Crippen molar-refractivity contribution in [3.63, 3.8) is 0 Å². The SMILES string of the molecule is CCCCOc1ccc(/C=C\C(=O)Nc2ncn[nH]2)cc1N. The number of ether oxygens (including phenoxy) is 1. The van der Waals surface area contributed by atoms with Crippen LogP contribution in [-0.2, 0) is 4.79 Å². The molecule has 1 aromatic heterocycles. The maximum Gasteiger partial charge on any atom is 0.250 e. The minimum atomic E-state index is -0.307. The molecule has 0 radical (unpaired) electrons. The lowest BCUT2D eigenvalue weighted by molar-refractivity contribution is -0.111. The zero-order valence-corrected chi connectivity index (χ0v) is 12.4. The van der Waals surface area contributed by atoms with Gasteiger partial charge in [0.05, 0.1) is 12.3 Å². The summed E-state index contributed by atoms with van der Waals surface area (Å²) in [5.74, 6) is 0.657. The van der Waals surface area contributed by atoms with E-state index < -0.39 is 0 Å². The van der Waals surface area contributed by atoms with E-state index in [1.165, 1.54) is 12.4 Å². The molecule has 0 unspecified atom stereocenters. The van der Waals surface area contributed by atoms with Gasteiger partial charge in [0.1, 0.15) is 12.1 Å². The molecular formula is C15H19N5O2. The van der Waals surface area contributed by atoms with Gasteiger partial charge in [0, 0.05) is 6.08 Å². The van der Waals surface area contributed by atoms with Crippen molar-refractivity contribution in [2.24, 2.45) is 0 Å². The Morgan fingerprint density at radius 3 is 3.05 bits per heavy atom. The molecule has 7 nitrogen and oxygen atoms in total. The van der Waals surface area contributed by atoms with Gasteiger partial charge in [0.25, 0.3) is 5.91 Å². The first kappa shape index (κ1) is 15.6. The molecule has 1 heterocycles. The van der Waals surface area contributed by atoms with Crippen LogP contribution in [-0.4, -0.2) is 27.7 Å². The van der Waals surface area contributed by atoms with E-state index in [2.05, 4.69) is 27.4 Å². The summed E-state index contributed by atoms with van der Waals surface area (Å²) in [5.41, 5.74) is 7.30. The molecule has 1 amide bonds. The number of nitrogens with two attached hydrogens (primary N) is 1. The number of aromatic nitrogens is 3. The van der Waals surface area contributed by atoms with Crippen LogP contribution >= 0.6 is 0 Å². The highest BCUT2D eigenvalue weighted by Crippen LogP contribution is 2.23. The molecule has 0 saturated carbocycles. The smallest absolute Gasteiger partial charge is 0.250 e. The Bertz CT molecular complexity index is 637. The van der Waals surface area contributed by atoms with Gasteiger partial charge < -0.3 is 10.5 Å². The highest BCUT2D eigenvalue weighted by molar-refractivity contribution is 6.00. The maximum absolute atomic E-state index is 11.7. The molecule has 0 fully saturated rings. The number of anilines is 2. The maximum atomic E-state index is 11.7. The molecule has 116 valence electrons. The highest BCUT2D eigenvalue weighted by Gasteiger charge is 2.02. The van der Waals surface area contributed by atoms with Gasteiger partial charge in [-0.25, -0.2) is 5.10 Å². The summed E-state index contributed by atoms with van der Waals surface area (Å²) in [6, 6.07) is 5.41. The third-order valence-corrected chi connectivity index (χ3v) is 2.87. The Morgan fingerprint density at radius 1 is 1.50 bits per heavy atom. The number of nitrogens with zero attached hydrogens (tertiary/aromatic N) is 2. The van der Waals surface area contributed by atoms with Gasteiger partial charge in [-0.2, -0.15) is 10.1 Å². The van der Waals surface area contributed by atoms with E-state index in [9.17, 15) is 4.79 Å². The number of carbonyl (C=O) groups is 1. The first-order valence-electron chi connectivity index (χ1n) is 7.06. The molecule has 0 aliphatic rings. The largest absolute Gasteiger partial charge is 0.491 e. The first-order valence-corrected chi connectivity index (χ1v) is 7.06. The van der Waals surface area contributed by atoms with E-state index in [4.69, 9.17) is 10.5 Å². The van der Waals surface area contributed by atoms with Gasteiger partial charge in [0.2, 0.25) is 5.95 Å². The third-order valence-electron chi connectivity index (χ3n) is 2.87. The predicted molar refractivity (Wildman–Crippen MR) is 85.3 cm³/mol. The zero-order valence-electron chi connectivity index (χ0n) is 12.4. The normalized spacial score (nSPS) is 10.8. The average molecular weight is 301 g/mol. The molecule has 2 aromatic rings. The predicted octanol–water partition coefficient (Wildman–Crippen LogP) is 2.22. The number of hydrogen-bond donors (Lipinski definition) is 3. The Labute approximate surface area is 128 Å². The molecule has 22 heavy (non-hydrogen) atoms. The van der Waals surface area contributed by atoms with Crippen molar-refractivity contribution in [3.8, 4) is 5.75 Å². The quantitative estimate of drug-likeness (QED) is 0.413. The van der Waals surface area contributed by atoms with Crippen molar-refractivity contribution in [3.05, 3.63) is 36.2 Å². The van der Waals surface area contributed by atoms with E-state index >= 15 is 0 Å². The molecule has 1 aromatic carbocycles.